The van der Waals surface area contributed by atoms with Crippen molar-refractivity contribution in [2.45, 2.75) is 101 Å². The normalized spacial score (nSPS) is 21.7. The van der Waals surface area contributed by atoms with Gasteiger partial charge in [-0.2, -0.15) is 0 Å². The molecule has 6 rings (SSSR count). The molecule has 2 fully saturated rings. The van der Waals surface area contributed by atoms with Crippen LogP contribution < -0.4 is 37.6 Å². The van der Waals surface area contributed by atoms with E-state index < -0.39 is 77.6 Å². The largest absolute Gasteiger partial charge is 0.370 e. The highest BCUT2D eigenvalue weighted by atomic mass is 16.2. The summed E-state index contributed by atoms with van der Waals surface area (Å²) in [6.45, 7) is 1.82. The van der Waals surface area contributed by atoms with Crippen LogP contribution in [0, 0.1) is 5.41 Å². The number of aromatic nitrogens is 1. The van der Waals surface area contributed by atoms with Gasteiger partial charge < -0.3 is 52.4 Å². The monoisotopic (exact) mass is 903 g/mol. The molecule has 3 aromatic carbocycles. The lowest BCUT2D eigenvalue weighted by molar-refractivity contribution is -0.148. The van der Waals surface area contributed by atoms with Crippen molar-refractivity contribution in [1.29, 1.82) is 5.41 Å². The second kappa shape index (κ2) is 23.1. The van der Waals surface area contributed by atoms with Crippen LogP contribution in [0.1, 0.15) is 62.1 Å². The van der Waals surface area contributed by atoms with E-state index in [1.54, 1.807) is 6.20 Å². The Bertz CT molecular complexity index is 2360. The molecule has 0 spiro atoms. The summed E-state index contributed by atoms with van der Waals surface area (Å²) >= 11 is 0. The topological polar surface area (TPSA) is 264 Å². The number of guanidine groups is 1. The van der Waals surface area contributed by atoms with E-state index in [9.17, 15) is 33.6 Å². The predicted molar refractivity (Wildman–Crippen MR) is 248 cm³/mol. The fourth-order valence-electron chi connectivity index (χ4n) is 8.66. The Hall–Kier alpha value is -7.24. The van der Waals surface area contributed by atoms with Crippen molar-refractivity contribution in [2.24, 2.45) is 5.73 Å². The Morgan fingerprint density at radius 3 is 2.21 bits per heavy atom. The number of fused-ring (bicyclic) bond motifs is 2. The number of nitrogens with zero attached hydrogens (tertiary/aromatic N) is 2. The molecule has 66 heavy (non-hydrogen) atoms. The first kappa shape index (κ1) is 48.2. The molecule has 2 saturated heterocycles. The van der Waals surface area contributed by atoms with Gasteiger partial charge in [0.25, 0.3) is 0 Å². The molecule has 7 amide bonds. The zero-order valence-corrected chi connectivity index (χ0v) is 37.4. The van der Waals surface area contributed by atoms with E-state index in [0.717, 1.165) is 27.6 Å². The van der Waals surface area contributed by atoms with Crippen LogP contribution in [0.3, 0.4) is 0 Å². The molecule has 0 radical (unpaired) electrons. The van der Waals surface area contributed by atoms with Crippen molar-refractivity contribution in [1.82, 2.24) is 46.7 Å². The number of carbonyl (C=O) groups is 7. The van der Waals surface area contributed by atoms with Gasteiger partial charge in [-0.3, -0.25) is 39.0 Å². The smallest absolute Gasteiger partial charge is 0.245 e. The zero-order valence-electron chi connectivity index (χ0n) is 37.4. The average molecular weight is 904 g/mol. The number of para-hydroxylation sites is 1. The maximum absolute atomic E-state index is 14.8. The van der Waals surface area contributed by atoms with Gasteiger partial charge in [-0.1, -0.05) is 78.9 Å². The molecule has 18 heteroatoms. The fraction of sp³-hybridized carbons (Fsp3) is 0.417. The number of hydrogen-bond acceptors (Lipinski definition) is 8. The molecule has 2 aliphatic heterocycles. The van der Waals surface area contributed by atoms with Crippen molar-refractivity contribution in [2.75, 3.05) is 26.7 Å². The second-order valence-electron chi connectivity index (χ2n) is 17.0. The Kier molecular flexibility index (Phi) is 16.9. The summed E-state index contributed by atoms with van der Waals surface area (Å²) in [5, 5.41) is 25.4. The van der Waals surface area contributed by atoms with Gasteiger partial charge in [-0.05, 0) is 61.3 Å². The number of nitrogens with two attached hydrogens (primary N) is 1. The summed E-state index contributed by atoms with van der Waals surface area (Å²) in [5.41, 5.74) is 8.61. The van der Waals surface area contributed by atoms with E-state index in [1.807, 2.05) is 84.9 Å². The highest BCUT2D eigenvalue weighted by molar-refractivity contribution is 5.98. The number of aromatic amines is 1. The first-order valence-electron chi connectivity index (χ1n) is 22.5. The zero-order chi connectivity index (χ0) is 47.2. The molecule has 1 aromatic heterocycles. The summed E-state index contributed by atoms with van der Waals surface area (Å²) in [6, 6.07) is 19.3. The van der Waals surface area contributed by atoms with E-state index in [4.69, 9.17) is 11.1 Å². The lowest BCUT2D eigenvalue weighted by Gasteiger charge is -2.35. The molecule has 0 saturated carbocycles. The van der Waals surface area contributed by atoms with Crippen LogP contribution in [0.4, 0.5) is 0 Å². The molecule has 3 heterocycles. The van der Waals surface area contributed by atoms with Crippen molar-refractivity contribution in [3.63, 3.8) is 0 Å². The Morgan fingerprint density at radius 2 is 1.50 bits per heavy atom. The Labute approximate surface area is 384 Å². The van der Waals surface area contributed by atoms with Crippen LogP contribution >= 0.6 is 0 Å². The van der Waals surface area contributed by atoms with Gasteiger partial charge in [0.15, 0.2) is 5.96 Å². The lowest BCUT2D eigenvalue weighted by Crippen LogP contribution is -2.60. The van der Waals surface area contributed by atoms with Crippen LogP contribution in [-0.2, 0) is 52.8 Å². The van der Waals surface area contributed by atoms with E-state index in [0.29, 0.717) is 19.3 Å². The van der Waals surface area contributed by atoms with Gasteiger partial charge in [0.1, 0.15) is 36.3 Å². The third-order valence-corrected chi connectivity index (χ3v) is 12.1. The number of carbonyl (C=O) groups excluding carboxylic acids is 7. The van der Waals surface area contributed by atoms with E-state index in [-0.39, 0.29) is 64.1 Å². The molecular formula is C48H61N11O7. The minimum Gasteiger partial charge on any atom is -0.370 e. The third-order valence-electron chi connectivity index (χ3n) is 12.1. The number of amides is 7. The molecule has 4 aromatic rings. The first-order chi connectivity index (χ1) is 31.8. The van der Waals surface area contributed by atoms with Gasteiger partial charge in [0.05, 0.1) is 0 Å². The number of benzene rings is 3. The number of rotatable bonds is 13. The van der Waals surface area contributed by atoms with Gasteiger partial charge in [0.2, 0.25) is 41.4 Å². The summed E-state index contributed by atoms with van der Waals surface area (Å²) < 4.78 is 0. The molecule has 350 valence electrons. The van der Waals surface area contributed by atoms with Crippen LogP contribution in [0.2, 0.25) is 0 Å². The third kappa shape index (κ3) is 12.9. The van der Waals surface area contributed by atoms with Crippen LogP contribution in [-0.4, -0.2) is 125 Å². The van der Waals surface area contributed by atoms with E-state index in [2.05, 4.69) is 36.9 Å². The Morgan fingerprint density at radius 1 is 0.818 bits per heavy atom. The highest BCUT2D eigenvalue weighted by Gasteiger charge is 2.42. The standard InChI is InChI=1S/C48H61N11O7/c1-30(60)54-38(26-31-14-5-3-6-15-31)43(62)56-37-21-12-23-51-42(61)36(20-11-24-52-48(49)50)55-44(63)39(28-33-29-53-35-19-10-9-18-34(33)35)57-45(64)41(27-32-16-7-4-8-17-32)58(2)47(66)40-22-13-25-59(40)46(37)65/h3-10,14-19,29,36-41,53H,11-13,20-28H2,1-2H3,(H,51,61)(H,54,60)(H,55,63)(H,56,62)(H,57,64)(H4,49,50,52)/t36-,37-,38-,39-,40-,41+/m0/s1. The quantitative estimate of drug-likeness (QED) is 0.0529. The average Bonchev–Trinajstić information content (AvgIpc) is 3.97. The molecule has 0 aliphatic carbocycles. The molecule has 2 aliphatic rings. The SMILES string of the molecule is CC(=O)N[C@@H](Cc1ccccc1)C(=O)N[C@H]1CCCNC(=O)[C@H](CCCNC(=N)N)NC(=O)[C@H](Cc2c[nH]c3ccccc23)NC(=O)[C@@H](Cc2ccccc2)N(C)C(=O)[C@@H]2CCCN2C1=O. The number of likely N-dealkylation sites (N-methyl/N-ethyl adjacent to an activating group) is 1. The highest BCUT2D eigenvalue weighted by Crippen LogP contribution is 2.24. The molecule has 10 N–H and O–H groups in total. The first-order valence-corrected chi connectivity index (χ1v) is 22.5. The maximum atomic E-state index is 14.8. The van der Waals surface area contributed by atoms with Gasteiger partial charge in [-0.15, -0.1) is 0 Å². The van der Waals surface area contributed by atoms with E-state index in [1.165, 1.54) is 23.8 Å². The Balaban J connectivity index is 1.34. The van der Waals surface area contributed by atoms with Gasteiger partial charge in [0, 0.05) is 70.0 Å². The number of hydrogen-bond donors (Lipinski definition) is 9. The van der Waals surface area contributed by atoms with Crippen LogP contribution in [0.5, 0.6) is 0 Å². The van der Waals surface area contributed by atoms with Crippen LogP contribution in [0.15, 0.2) is 91.1 Å². The summed E-state index contributed by atoms with van der Waals surface area (Å²) in [6.07, 6.45) is 3.59. The van der Waals surface area contributed by atoms with Crippen LogP contribution in [0.25, 0.3) is 10.9 Å². The molecule has 0 unspecified atom stereocenters. The molecule has 6 atom stereocenters. The van der Waals surface area contributed by atoms with Crippen molar-refractivity contribution in [3.8, 4) is 0 Å². The minimum atomic E-state index is -1.19. The predicted octanol–water partition coefficient (Wildman–Crippen LogP) is 1.15. The minimum absolute atomic E-state index is 0.0453. The second-order valence-corrected chi connectivity index (χ2v) is 17.0. The van der Waals surface area contributed by atoms with Crippen molar-refractivity contribution >= 4 is 58.2 Å². The number of nitrogens with one attached hydrogen (secondary N) is 8. The molecular weight excluding hydrogens is 843 g/mol. The van der Waals surface area contributed by atoms with E-state index >= 15 is 0 Å². The van der Waals surface area contributed by atoms with Crippen molar-refractivity contribution in [3.05, 3.63) is 108 Å². The van der Waals surface area contributed by atoms with Crippen molar-refractivity contribution < 1.29 is 33.6 Å². The summed E-state index contributed by atoms with van der Waals surface area (Å²) in [4.78, 5) is 105. The lowest BCUT2D eigenvalue weighted by atomic mass is 10.00. The van der Waals surface area contributed by atoms with Gasteiger partial charge in [-0.25, -0.2) is 0 Å². The maximum Gasteiger partial charge on any atom is 0.245 e. The summed E-state index contributed by atoms with van der Waals surface area (Å²) in [7, 11) is 1.51. The number of H-pyrrole nitrogens is 1. The fourth-order valence-corrected chi connectivity index (χ4v) is 8.66. The van der Waals surface area contributed by atoms with Gasteiger partial charge >= 0.3 is 0 Å². The molecule has 18 nitrogen and oxygen atoms in total. The molecule has 0 bridgehead atoms. The summed E-state index contributed by atoms with van der Waals surface area (Å²) in [5.74, 6) is -4.02.